The summed E-state index contributed by atoms with van der Waals surface area (Å²) in [6.07, 6.45) is 1.61. The highest BCUT2D eigenvalue weighted by Crippen LogP contribution is 2.29. The number of fused-ring (bicyclic) bond motifs is 1. The number of aromatic nitrogens is 2. The van der Waals surface area contributed by atoms with Crippen molar-refractivity contribution in [3.05, 3.63) is 66.2 Å². The molecule has 0 radical (unpaired) electrons. The molecule has 3 aromatic rings. The Balaban J connectivity index is 1.60. The maximum absolute atomic E-state index is 13.3. The molecule has 1 unspecified atom stereocenters. The lowest BCUT2D eigenvalue weighted by Gasteiger charge is -2.27. The van der Waals surface area contributed by atoms with Crippen LogP contribution in [0.15, 0.2) is 54.7 Å². The van der Waals surface area contributed by atoms with Gasteiger partial charge < -0.3 is 19.9 Å². The van der Waals surface area contributed by atoms with Gasteiger partial charge in [0.2, 0.25) is 5.91 Å². The Bertz CT molecular complexity index is 1060. The molecule has 0 saturated carbocycles. The minimum atomic E-state index is -0.425. The standard InChI is InChI=1S/C21H19FN4O3/c1-29-17-7-5-13(6-8-17)20-23-12-18-21(28)24-11-16(26(18)20)10-19(27)25-15-4-2-3-14(22)9-15/h2-9,12,16H,10-11H2,1H3,(H,24,28)(H,25,27). The third-order valence-electron chi connectivity index (χ3n) is 4.77. The first kappa shape index (κ1) is 18.7. The molecule has 0 saturated heterocycles. The van der Waals surface area contributed by atoms with Crippen molar-refractivity contribution in [1.82, 2.24) is 14.9 Å². The molecule has 2 N–H and O–H groups in total. The Morgan fingerprint density at radius 2 is 2.10 bits per heavy atom. The molecule has 2 aromatic carbocycles. The second-order valence-electron chi connectivity index (χ2n) is 6.69. The van der Waals surface area contributed by atoms with Gasteiger partial charge in [-0.2, -0.15) is 0 Å². The minimum absolute atomic E-state index is 0.101. The van der Waals surface area contributed by atoms with E-state index in [0.29, 0.717) is 29.5 Å². The van der Waals surface area contributed by atoms with Crippen LogP contribution in [0.1, 0.15) is 23.0 Å². The summed E-state index contributed by atoms with van der Waals surface area (Å²) < 4.78 is 20.3. The molecule has 0 aliphatic carbocycles. The lowest BCUT2D eigenvalue weighted by Crippen LogP contribution is -2.40. The first-order valence-electron chi connectivity index (χ1n) is 9.10. The number of nitrogens with one attached hydrogen (secondary N) is 2. The summed E-state index contributed by atoms with van der Waals surface area (Å²) in [6.45, 7) is 0.294. The van der Waals surface area contributed by atoms with Crippen molar-refractivity contribution in [3.63, 3.8) is 0 Å². The van der Waals surface area contributed by atoms with E-state index in [9.17, 15) is 14.0 Å². The number of ether oxygens (including phenoxy) is 1. The fourth-order valence-electron chi connectivity index (χ4n) is 3.40. The first-order valence-corrected chi connectivity index (χ1v) is 9.10. The van der Waals surface area contributed by atoms with Crippen LogP contribution >= 0.6 is 0 Å². The van der Waals surface area contributed by atoms with E-state index < -0.39 is 5.82 Å². The summed E-state index contributed by atoms with van der Waals surface area (Å²) in [6, 6.07) is 12.7. The summed E-state index contributed by atoms with van der Waals surface area (Å²) in [5.74, 6) is 0.367. The van der Waals surface area contributed by atoms with Crippen molar-refractivity contribution in [1.29, 1.82) is 0 Å². The quantitative estimate of drug-likeness (QED) is 0.697. The fraction of sp³-hybridized carbons (Fsp3) is 0.190. The smallest absolute Gasteiger partial charge is 0.269 e. The largest absolute Gasteiger partial charge is 0.497 e. The molecular formula is C21H19FN4O3. The molecule has 1 atom stereocenters. The van der Waals surface area contributed by atoms with E-state index in [1.54, 1.807) is 17.7 Å². The highest BCUT2D eigenvalue weighted by atomic mass is 19.1. The first-order chi connectivity index (χ1) is 14.0. The normalized spacial score (nSPS) is 15.4. The van der Waals surface area contributed by atoms with Gasteiger partial charge in [-0.3, -0.25) is 9.59 Å². The van der Waals surface area contributed by atoms with Gasteiger partial charge in [0.15, 0.2) is 0 Å². The zero-order valence-corrected chi connectivity index (χ0v) is 15.7. The number of carbonyl (C=O) groups is 2. The van der Waals surface area contributed by atoms with Crippen LogP contribution in [0.4, 0.5) is 10.1 Å². The number of imidazole rings is 1. The lowest BCUT2D eigenvalue weighted by molar-refractivity contribution is -0.117. The molecule has 8 heteroatoms. The summed E-state index contributed by atoms with van der Waals surface area (Å²) in [5, 5.41) is 5.49. The molecule has 29 heavy (non-hydrogen) atoms. The van der Waals surface area contributed by atoms with E-state index in [2.05, 4.69) is 15.6 Å². The van der Waals surface area contributed by atoms with Gasteiger partial charge in [0, 0.05) is 24.2 Å². The van der Waals surface area contributed by atoms with Gasteiger partial charge in [-0.25, -0.2) is 9.37 Å². The highest BCUT2D eigenvalue weighted by Gasteiger charge is 2.30. The molecule has 0 spiro atoms. The average molecular weight is 394 g/mol. The number of hydrogen-bond donors (Lipinski definition) is 2. The number of benzene rings is 2. The van der Waals surface area contributed by atoms with Crippen LogP contribution < -0.4 is 15.4 Å². The minimum Gasteiger partial charge on any atom is -0.497 e. The molecule has 2 amide bonds. The SMILES string of the molecule is COc1ccc(-c2ncc3n2C(CC(=O)Nc2cccc(F)c2)CNC3=O)cc1. The van der Waals surface area contributed by atoms with E-state index in [4.69, 9.17) is 4.74 Å². The molecule has 4 rings (SSSR count). The molecule has 2 heterocycles. The number of anilines is 1. The second kappa shape index (κ2) is 7.75. The van der Waals surface area contributed by atoms with E-state index in [0.717, 1.165) is 5.56 Å². The molecule has 148 valence electrons. The molecular weight excluding hydrogens is 375 g/mol. The Morgan fingerprint density at radius 1 is 1.31 bits per heavy atom. The third kappa shape index (κ3) is 3.82. The number of rotatable bonds is 5. The van der Waals surface area contributed by atoms with Crippen molar-refractivity contribution in [2.45, 2.75) is 12.5 Å². The van der Waals surface area contributed by atoms with Crippen LogP contribution in [0.25, 0.3) is 11.4 Å². The molecule has 0 bridgehead atoms. The Kier molecular flexibility index (Phi) is 4.99. The van der Waals surface area contributed by atoms with Gasteiger partial charge in [0.1, 0.15) is 23.1 Å². The van der Waals surface area contributed by atoms with Crippen molar-refractivity contribution < 1.29 is 18.7 Å². The van der Waals surface area contributed by atoms with E-state index in [-0.39, 0.29) is 24.3 Å². The van der Waals surface area contributed by atoms with Crippen LogP contribution in [0.3, 0.4) is 0 Å². The van der Waals surface area contributed by atoms with Crippen LogP contribution in [0.5, 0.6) is 5.75 Å². The van der Waals surface area contributed by atoms with Gasteiger partial charge in [-0.1, -0.05) is 6.07 Å². The van der Waals surface area contributed by atoms with Crippen LogP contribution in [0, 0.1) is 5.82 Å². The molecule has 1 aliphatic rings. The summed E-state index contributed by atoms with van der Waals surface area (Å²) in [4.78, 5) is 29.2. The Labute approximate surface area is 166 Å². The highest BCUT2D eigenvalue weighted by molar-refractivity contribution is 5.95. The van der Waals surface area contributed by atoms with Crippen LogP contribution in [-0.4, -0.2) is 35.0 Å². The van der Waals surface area contributed by atoms with Gasteiger partial charge >= 0.3 is 0 Å². The Morgan fingerprint density at radius 3 is 2.83 bits per heavy atom. The third-order valence-corrected chi connectivity index (χ3v) is 4.77. The number of methoxy groups -OCH3 is 1. The van der Waals surface area contributed by atoms with E-state index in [1.165, 1.54) is 24.4 Å². The average Bonchev–Trinajstić information content (AvgIpc) is 3.16. The maximum atomic E-state index is 13.3. The van der Waals surface area contributed by atoms with Gasteiger partial charge in [0.25, 0.3) is 5.91 Å². The Hall–Kier alpha value is -3.68. The maximum Gasteiger partial charge on any atom is 0.269 e. The van der Waals surface area contributed by atoms with E-state index >= 15 is 0 Å². The predicted octanol–water partition coefficient (Wildman–Crippen LogP) is 3.01. The van der Waals surface area contributed by atoms with Crippen molar-refractivity contribution in [2.75, 3.05) is 19.0 Å². The zero-order chi connectivity index (χ0) is 20.4. The van der Waals surface area contributed by atoms with Gasteiger partial charge in [-0.05, 0) is 42.5 Å². The molecule has 0 fully saturated rings. The van der Waals surface area contributed by atoms with Crippen molar-refractivity contribution >= 4 is 17.5 Å². The lowest BCUT2D eigenvalue weighted by atomic mass is 10.1. The number of halogens is 1. The number of nitrogens with zero attached hydrogens (tertiary/aromatic N) is 2. The van der Waals surface area contributed by atoms with Crippen molar-refractivity contribution in [3.8, 4) is 17.1 Å². The van der Waals surface area contributed by atoms with Gasteiger partial charge in [-0.15, -0.1) is 0 Å². The number of carbonyl (C=O) groups excluding carboxylic acids is 2. The van der Waals surface area contributed by atoms with E-state index in [1.807, 2.05) is 24.3 Å². The summed E-state index contributed by atoms with van der Waals surface area (Å²) in [7, 11) is 1.59. The predicted molar refractivity (Wildman–Crippen MR) is 105 cm³/mol. The van der Waals surface area contributed by atoms with Crippen LogP contribution in [-0.2, 0) is 4.79 Å². The monoisotopic (exact) mass is 394 g/mol. The summed E-state index contributed by atoms with van der Waals surface area (Å²) >= 11 is 0. The van der Waals surface area contributed by atoms with Crippen LogP contribution in [0.2, 0.25) is 0 Å². The second-order valence-corrected chi connectivity index (χ2v) is 6.69. The molecule has 7 nitrogen and oxygen atoms in total. The number of hydrogen-bond acceptors (Lipinski definition) is 4. The summed E-state index contributed by atoms with van der Waals surface area (Å²) in [5.41, 5.74) is 1.59. The zero-order valence-electron chi connectivity index (χ0n) is 15.7. The van der Waals surface area contributed by atoms with Crippen molar-refractivity contribution in [2.24, 2.45) is 0 Å². The molecule has 1 aromatic heterocycles. The topological polar surface area (TPSA) is 85.2 Å². The fourth-order valence-corrected chi connectivity index (χ4v) is 3.40. The number of amides is 2. The van der Waals surface area contributed by atoms with Gasteiger partial charge in [0.05, 0.1) is 19.3 Å². The molecule has 1 aliphatic heterocycles.